The molecule has 2 rings (SSSR count). The molecule has 0 radical (unpaired) electrons. The molecule has 1 aromatic rings. The van der Waals surface area contributed by atoms with E-state index in [1.807, 2.05) is 18.2 Å². The summed E-state index contributed by atoms with van der Waals surface area (Å²) in [5, 5.41) is 3.45. The number of hydrogen-bond acceptors (Lipinski definition) is 2. The van der Waals surface area contributed by atoms with Gasteiger partial charge in [0, 0.05) is 24.5 Å². The van der Waals surface area contributed by atoms with Crippen molar-refractivity contribution in [3.63, 3.8) is 0 Å². The maximum absolute atomic E-state index is 11.9. The van der Waals surface area contributed by atoms with Crippen LogP contribution in [0.3, 0.4) is 0 Å². The Morgan fingerprint density at radius 1 is 1.25 bits per heavy atom. The van der Waals surface area contributed by atoms with Crippen molar-refractivity contribution < 1.29 is 9.59 Å². The molecule has 5 heteroatoms. The lowest BCUT2D eigenvalue weighted by atomic mass is 10.2. The number of halogens is 1. The van der Waals surface area contributed by atoms with Crippen molar-refractivity contribution in [2.24, 2.45) is 0 Å². The lowest BCUT2D eigenvalue weighted by Gasteiger charge is -2.19. The van der Waals surface area contributed by atoms with Gasteiger partial charge in [-0.25, -0.2) is 0 Å². The molecule has 1 heterocycles. The minimum atomic E-state index is -0.139. The number of likely N-dealkylation sites (tertiary alicyclic amines) is 1. The molecular weight excluding hydrogens is 276 g/mol. The van der Waals surface area contributed by atoms with E-state index in [0.29, 0.717) is 24.5 Å². The predicted octanol–water partition coefficient (Wildman–Crippen LogP) is 2.36. The third-order valence-electron chi connectivity index (χ3n) is 3.44. The van der Waals surface area contributed by atoms with E-state index in [4.69, 9.17) is 11.6 Å². The summed E-state index contributed by atoms with van der Waals surface area (Å²) in [6.07, 6.45) is 3.52. The quantitative estimate of drug-likeness (QED) is 0.927. The fourth-order valence-corrected chi connectivity index (χ4v) is 2.47. The van der Waals surface area contributed by atoms with Gasteiger partial charge >= 0.3 is 0 Å². The second-order valence-corrected chi connectivity index (χ2v) is 5.40. The van der Waals surface area contributed by atoms with E-state index in [0.717, 1.165) is 24.8 Å². The van der Waals surface area contributed by atoms with E-state index < -0.39 is 0 Å². The summed E-state index contributed by atoms with van der Waals surface area (Å²) in [4.78, 5) is 25.4. The zero-order valence-electron chi connectivity index (χ0n) is 11.4. The molecule has 4 nitrogen and oxygen atoms in total. The lowest BCUT2D eigenvalue weighted by molar-refractivity contribution is -0.135. The number of nitrogens with one attached hydrogen (secondary N) is 1. The number of carbonyl (C=O) groups excluding carboxylic acids is 2. The van der Waals surface area contributed by atoms with Crippen molar-refractivity contribution in [2.45, 2.75) is 32.2 Å². The zero-order chi connectivity index (χ0) is 14.4. The molecule has 1 fully saturated rings. The van der Waals surface area contributed by atoms with Gasteiger partial charge in [-0.1, -0.05) is 36.2 Å². The van der Waals surface area contributed by atoms with Crippen LogP contribution in [0.2, 0.25) is 5.02 Å². The van der Waals surface area contributed by atoms with Gasteiger partial charge in [0.15, 0.2) is 0 Å². The molecule has 0 spiro atoms. The number of rotatable bonds is 4. The van der Waals surface area contributed by atoms with Gasteiger partial charge in [-0.15, -0.1) is 0 Å². The van der Waals surface area contributed by atoms with E-state index in [1.165, 1.54) is 0 Å². The van der Waals surface area contributed by atoms with Crippen molar-refractivity contribution in [3.8, 4) is 0 Å². The molecular formula is C15H19ClN2O2. The smallest absolute Gasteiger partial charge is 0.239 e. The largest absolute Gasteiger partial charge is 0.350 e. The van der Waals surface area contributed by atoms with Gasteiger partial charge in [-0.2, -0.15) is 0 Å². The van der Waals surface area contributed by atoms with Crippen LogP contribution in [0.5, 0.6) is 0 Å². The molecule has 1 N–H and O–H groups in total. The third kappa shape index (κ3) is 4.23. The highest BCUT2D eigenvalue weighted by molar-refractivity contribution is 6.31. The molecule has 1 saturated heterocycles. The van der Waals surface area contributed by atoms with E-state index >= 15 is 0 Å². The minimum absolute atomic E-state index is 0.0791. The number of benzene rings is 1. The summed E-state index contributed by atoms with van der Waals surface area (Å²) in [5.41, 5.74) is 0.879. The molecule has 0 unspecified atom stereocenters. The summed E-state index contributed by atoms with van der Waals surface area (Å²) >= 11 is 6.03. The topological polar surface area (TPSA) is 49.4 Å². The Kier molecular flexibility index (Phi) is 5.41. The fourth-order valence-electron chi connectivity index (χ4n) is 2.27. The van der Waals surface area contributed by atoms with Crippen LogP contribution in [0.1, 0.15) is 31.2 Å². The average Bonchev–Trinajstić information content (AvgIpc) is 2.63. The van der Waals surface area contributed by atoms with Gasteiger partial charge in [0.2, 0.25) is 11.8 Å². The minimum Gasteiger partial charge on any atom is -0.350 e. The normalized spacial score (nSPS) is 15.8. The van der Waals surface area contributed by atoms with Gasteiger partial charge in [0.05, 0.1) is 6.54 Å². The number of amides is 2. The van der Waals surface area contributed by atoms with Crippen LogP contribution in [0, 0.1) is 0 Å². The second-order valence-electron chi connectivity index (χ2n) is 4.99. The summed E-state index contributed by atoms with van der Waals surface area (Å²) in [7, 11) is 0. The molecule has 0 aliphatic carbocycles. The average molecular weight is 295 g/mol. The Balaban J connectivity index is 1.83. The Morgan fingerprint density at radius 3 is 2.85 bits per heavy atom. The van der Waals surface area contributed by atoms with E-state index in [9.17, 15) is 9.59 Å². The van der Waals surface area contributed by atoms with E-state index in [-0.39, 0.29) is 18.4 Å². The van der Waals surface area contributed by atoms with Gasteiger partial charge in [-0.05, 0) is 24.5 Å². The Labute approximate surface area is 124 Å². The fraction of sp³-hybridized carbons (Fsp3) is 0.467. The van der Waals surface area contributed by atoms with Crippen LogP contribution in [0.4, 0.5) is 0 Å². The zero-order valence-corrected chi connectivity index (χ0v) is 12.2. The first kappa shape index (κ1) is 14.9. The van der Waals surface area contributed by atoms with Crippen LogP contribution >= 0.6 is 11.6 Å². The molecule has 0 atom stereocenters. The van der Waals surface area contributed by atoms with Crippen LogP contribution in [0.25, 0.3) is 0 Å². The van der Waals surface area contributed by atoms with Crippen LogP contribution in [0.15, 0.2) is 24.3 Å². The molecule has 1 aliphatic rings. The van der Waals surface area contributed by atoms with Crippen LogP contribution in [-0.4, -0.2) is 29.8 Å². The van der Waals surface area contributed by atoms with Crippen molar-refractivity contribution in [1.82, 2.24) is 10.2 Å². The lowest BCUT2D eigenvalue weighted by Crippen LogP contribution is -2.40. The highest BCUT2D eigenvalue weighted by Crippen LogP contribution is 2.14. The highest BCUT2D eigenvalue weighted by Gasteiger charge is 2.18. The molecule has 1 aliphatic heterocycles. The van der Waals surface area contributed by atoms with Gasteiger partial charge in [0.1, 0.15) is 0 Å². The first-order chi connectivity index (χ1) is 9.66. The highest BCUT2D eigenvalue weighted by atomic mass is 35.5. The van der Waals surface area contributed by atoms with Gasteiger partial charge < -0.3 is 10.2 Å². The van der Waals surface area contributed by atoms with E-state index in [2.05, 4.69) is 5.32 Å². The third-order valence-corrected chi connectivity index (χ3v) is 3.81. The predicted molar refractivity (Wildman–Crippen MR) is 78.3 cm³/mol. The number of carbonyl (C=O) groups is 2. The van der Waals surface area contributed by atoms with Crippen LogP contribution < -0.4 is 5.32 Å². The molecule has 20 heavy (non-hydrogen) atoms. The SMILES string of the molecule is O=C(CN1CCCCCC1=O)NCc1ccccc1Cl. The first-order valence-corrected chi connectivity index (χ1v) is 7.32. The molecule has 0 bridgehead atoms. The molecule has 0 aromatic heterocycles. The van der Waals surface area contributed by atoms with Crippen molar-refractivity contribution in [3.05, 3.63) is 34.9 Å². The molecule has 0 saturated carbocycles. The Hall–Kier alpha value is -1.55. The number of hydrogen-bond donors (Lipinski definition) is 1. The molecule has 2 amide bonds. The van der Waals surface area contributed by atoms with Crippen molar-refractivity contribution in [2.75, 3.05) is 13.1 Å². The maximum atomic E-state index is 11.9. The summed E-state index contributed by atoms with van der Waals surface area (Å²) in [6, 6.07) is 7.40. The Morgan fingerprint density at radius 2 is 2.05 bits per heavy atom. The van der Waals surface area contributed by atoms with Crippen LogP contribution in [-0.2, 0) is 16.1 Å². The number of nitrogens with zero attached hydrogens (tertiary/aromatic N) is 1. The Bertz CT molecular complexity index is 491. The first-order valence-electron chi connectivity index (χ1n) is 6.94. The van der Waals surface area contributed by atoms with Crippen molar-refractivity contribution >= 4 is 23.4 Å². The standard InChI is InChI=1S/C15H19ClN2O2/c16-13-7-4-3-6-12(13)10-17-14(19)11-18-9-5-1-2-8-15(18)20/h3-4,6-7H,1-2,5,8-11H2,(H,17,19). The van der Waals surface area contributed by atoms with Gasteiger partial charge in [-0.3, -0.25) is 9.59 Å². The monoisotopic (exact) mass is 294 g/mol. The summed E-state index contributed by atoms with van der Waals surface area (Å²) in [5.74, 6) is -0.0597. The van der Waals surface area contributed by atoms with Gasteiger partial charge in [0.25, 0.3) is 0 Å². The maximum Gasteiger partial charge on any atom is 0.239 e. The van der Waals surface area contributed by atoms with E-state index in [1.54, 1.807) is 11.0 Å². The summed E-state index contributed by atoms with van der Waals surface area (Å²) in [6.45, 7) is 1.21. The summed E-state index contributed by atoms with van der Waals surface area (Å²) < 4.78 is 0. The van der Waals surface area contributed by atoms with Crippen molar-refractivity contribution in [1.29, 1.82) is 0 Å². The second kappa shape index (κ2) is 7.29. The molecule has 108 valence electrons. The molecule has 1 aromatic carbocycles.